The fourth-order valence-corrected chi connectivity index (χ4v) is 4.96. The number of rotatable bonds is 8. The molecule has 0 fully saturated rings. The Morgan fingerprint density at radius 2 is 1.91 bits per heavy atom. The molecule has 2 aliphatic rings. The zero-order valence-electron chi connectivity index (χ0n) is 19.3. The van der Waals surface area contributed by atoms with Gasteiger partial charge >= 0.3 is 5.97 Å². The number of pyridine rings is 1. The number of aromatic nitrogens is 1. The number of carbonyl (C=O) groups is 2. The fraction of sp³-hybridized carbons (Fsp3) is 0.280. The number of methoxy groups -OCH3 is 2. The number of para-hydroxylation sites is 1. The molecule has 2 aromatic rings. The van der Waals surface area contributed by atoms with Crippen molar-refractivity contribution in [2.24, 2.45) is 4.99 Å². The van der Waals surface area contributed by atoms with Gasteiger partial charge in [-0.1, -0.05) is 36.9 Å². The summed E-state index contributed by atoms with van der Waals surface area (Å²) >= 11 is 1.44. The number of amidine groups is 1. The van der Waals surface area contributed by atoms with E-state index in [1.807, 2.05) is 53.6 Å². The van der Waals surface area contributed by atoms with Crippen LogP contribution in [-0.2, 0) is 20.9 Å². The minimum absolute atomic E-state index is 0.131. The molecule has 0 saturated carbocycles. The topological polar surface area (TPSA) is 93.1 Å². The summed E-state index contributed by atoms with van der Waals surface area (Å²) in [5.41, 5.74) is 3.63. The van der Waals surface area contributed by atoms with Gasteiger partial charge in [0.1, 0.15) is 5.75 Å². The predicted octanol–water partition coefficient (Wildman–Crippen LogP) is 3.93. The third-order valence-corrected chi connectivity index (χ3v) is 6.53. The van der Waals surface area contributed by atoms with Gasteiger partial charge in [-0.2, -0.15) is 0 Å². The van der Waals surface area contributed by atoms with E-state index in [-0.39, 0.29) is 12.3 Å². The first kappa shape index (κ1) is 23.6. The summed E-state index contributed by atoms with van der Waals surface area (Å²) in [5.74, 6) is 0.0616. The van der Waals surface area contributed by atoms with Crippen molar-refractivity contribution in [2.75, 3.05) is 14.2 Å². The number of allylic oxidation sites excluding steroid dienone is 1. The highest BCUT2D eigenvalue weighted by molar-refractivity contribution is 8.16. The summed E-state index contributed by atoms with van der Waals surface area (Å²) in [7, 11) is 2.96. The number of amides is 1. The van der Waals surface area contributed by atoms with Gasteiger partial charge in [0.25, 0.3) is 0 Å². The van der Waals surface area contributed by atoms with E-state index in [2.05, 4.69) is 10.3 Å². The minimum Gasteiger partial charge on any atom is -0.496 e. The maximum absolute atomic E-state index is 13.0. The summed E-state index contributed by atoms with van der Waals surface area (Å²) in [5, 5.41) is 5.59. The first-order chi connectivity index (χ1) is 16.6. The fourth-order valence-electron chi connectivity index (χ4n) is 4.03. The van der Waals surface area contributed by atoms with E-state index in [0.29, 0.717) is 30.0 Å². The molecule has 0 spiro atoms. The second-order valence-electron chi connectivity index (χ2n) is 7.65. The quantitative estimate of drug-likeness (QED) is 0.575. The van der Waals surface area contributed by atoms with Crippen LogP contribution in [0.15, 0.2) is 76.2 Å². The van der Waals surface area contributed by atoms with Crippen molar-refractivity contribution in [1.82, 2.24) is 15.2 Å². The van der Waals surface area contributed by atoms with E-state index >= 15 is 0 Å². The molecule has 176 valence electrons. The summed E-state index contributed by atoms with van der Waals surface area (Å²) in [4.78, 5) is 36.5. The van der Waals surface area contributed by atoms with Crippen molar-refractivity contribution in [3.05, 3.63) is 82.3 Å². The highest BCUT2D eigenvalue weighted by Crippen LogP contribution is 2.47. The molecule has 2 aliphatic heterocycles. The molecule has 0 bridgehead atoms. The van der Waals surface area contributed by atoms with Crippen LogP contribution in [0.2, 0.25) is 0 Å². The molecule has 0 saturated heterocycles. The van der Waals surface area contributed by atoms with Crippen molar-refractivity contribution in [3.8, 4) is 5.75 Å². The Morgan fingerprint density at radius 1 is 1.15 bits per heavy atom. The van der Waals surface area contributed by atoms with Crippen LogP contribution in [0.1, 0.15) is 36.9 Å². The van der Waals surface area contributed by atoms with Gasteiger partial charge in [-0.25, -0.2) is 9.79 Å². The number of nitrogens with zero attached hydrogens (tertiary/aromatic N) is 3. The highest BCUT2D eigenvalue weighted by atomic mass is 32.2. The van der Waals surface area contributed by atoms with Crippen molar-refractivity contribution >= 4 is 28.8 Å². The largest absolute Gasteiger partial charge is 0.496 e. The lowest BCUT2D eigenvalue weighted by Gasteiger charge is -2.37. The third kappa shape index (κ3) is 4.70. The van der Waals surface area contributed by atoms with Crippen molar-refractivity contribution in [3.63, 3.8) is 0 Å². The second-order valence-corrected chi connectivity index (χ2v) is 8.49. The molecule has 9 heteroatoms. The van der Waals surface area contributed by atoms with Gasteiger partial charge < -0.3 is 19.7 Å². The SMILES string of the molecule is CCC1=C(C(=O)OC)[C@H](c2ccccc2OC)N2C(CC(=O)NCc3ccncc3)=CSC2=N1. The Morgan fingerprint density at radius 3 is 2.62 bits per heavy atom. The molecule has 0 radical (unpaired) electrons. The van der Waals surface area contributed by atoms with Crippen LogP contribution in [-0.4, -0.2) is 41.1 Å². The first-order valence-electron chi connectivity index (χ1n) is 10.9. The van der Waals surface area contributed by atoms with Crippen molar-refractivity contribution < 1.29 is 19.1 Å². The molecule has 1 atom stereocenters. The van der Waals surface area contributed by atoms with E-state index < -0.39 is 12.0 Å². The monoisotopic (exact) mass is 478 g/mol. The maximum atomic E-state index is 13.0. The lowest BCUT2D eigenvalue weighted by molar-refractivity contribution is -0.136. The summed E-state index contributed by atoms with van der Waals surface area (Å²) < 4.78 is 10.8. The average Bonchev–Trinajstić information content (AvgIpc) is 3.28. The molecule has 0 aliphatic carbocycles. The van der Waals surface area contributed by atoms with E-state index in [4.69, 9.17) is 14.5 Å². The molecular weight excluding hydrogens is 452 g/mol. The van der Waals surface area contributed by atoms with Gasteiger partial charge in [-0.3, -0.25) is 9.78 Å². The maximum Gasteiger partial charge on any atom is 0.338 e. The number of fused-ring (bicyclic) bond motifs is 1. The average molecular weight is 479 g/mol. The lowest BCUT2D eigenvalue weighted by atomic mass is 9.92. The van der Waals surface area contributed by atoms with Gasteiger partial charge in [0.05, 0.1) is 38.0 Å². The van der Waals surface area contributed by atoms with Crippen molar-refractivity contribution in [1.29, 1.82) is 0 Å². The smallest absolute Gasteiger partial charge is 0.338 e. The van der Waals surface area contributed by atoms with Crippen LogP contribution in [0.4, 0.5) is 0 Å². The lowest BCUT2D eigenvalue weighted by Crippen LogP contribution is -2.38. The Hall–Kier alpha value is -3.59. The second kappa shape index (κ2) is 10.6. The number of thioether (sulfide) groups is 1. The Balaban J connectivity index is 1.67. The number of hydrogen-bond acceptors (Lipinski definition) is 8. The predicted molar refractivity (Wildman–Crippen MR) is 131 cm³/mol. The summed E-state index contributed by atoms with van der Waals surface area (Å²) in [6.45, 7) is 2.36. The normalized spacial score (nSPS) is 17.0. The molecule has 3 heterocycles. The number of carbonyl (C=O) groups excluding carboxylic acids is 2. The molecule has 1 N–H and O–H groups in total. The molecule has 1 aromatic heterocycles. The van der Waals surface area contributed by atoms with Crippen LogP contribution in [0.25, 0.3) is 0 Å². The molecule has 34 heavy (non-hydrogen) atoms. The van der Waals surface area contributed by atoms with Gasteiger partial charge in [0.15, 0.2) is 5.17 Å². The third-order valence-electron chi connectivity index (χ3n) is 5.64. The van der Waals surface area contributed by atoms with Crippen LogP contribution < -0.4 is 10.1 Å². The Kier molecular flexibility index (Phi) is 7.32. The van der Waals surface area contributed by atoms with Crippen LogP contribution in [0.5, 0.6) is 5.75 Å². The molecule has 0 unspecified atom stereocenters. The van der Waals surface area contributed by atoms with E-state index in [1.165, 1.54) is 18.9 Å². The number of benzene rings is 1. The summed E-state index contributed by atoms with van der Waals surface area (Å²) in [6.07, 6.45) is 4.09. The highest BCUT2D eigenvalue weighted by Gasteiger charge is 2.42. The van der Waals surface area contributed by atoms with E-state index in [0.717, 1.165) is 22.0 Å². The number of esters is 1. The van der Waals surface area contributed by atoms with Crippen LogP contribution >= 0.6 is 11.8 Å². The number of ether oxygens (including phenoxy) is 2. The van der Waals surface area contributed by atoms with Crippen LogP contribution in [0.3, 0.4) is 0 Å². The molecule has 1 aromatic carbocycles. The zero-order chi connectivity index (χ0) is 24.1. The summed E-state index contributed by atoms with van der Waals surface area (Å²) in [6, 6.07) is 10.8. The standard InChI is InChI=1S/C25H26N4O4S/c1-4-19-22(24(31)33-3)23(18-7-5-6-8-20(18)32-2)29-17(15-34-25(29)28-19)13-21(30)27-14-16-9-11-26-12-10-16/h5-12,15,23H,4,13-14H2,1-3H3,(H,27,30)/t23-/m0/s1. The van der Waals surface area contributed by atoms with Gasteiger partial charge in [0, 0.05) is 30.2 Å². The zero-order valence-corrected chi connectivity index (χ0v) is 20.1. The molecule has 4 rings (SSSR count). The van der Waals surface area contributed by atoms with E-state index in [9.17, 15) is 9.59 Å². The molecular formula is C25H26N4O4S. The number of aliphatic imine (C=N–C) groups is 1. The van der Waals surface area contributed by atoms with Gasteiger partial charge in [0.2, 0.25) is 5.91 Å². The molecule has 1 amide bonds. The van der Waals surface area contributed by atoms with Crippen molar-refractivity contribution in [2.45, 2.75) is 32.4 Å². The Labute approximate surface area is 202 Å². The van der Waals surface area contributed by atoms with Crippen LogP contribution in [0, 0.1) is 0 Å². The van der Waals surface area contributed by atoms with E-state index in [1.54, 1.807) is 19.5 Å². The van der Waals surface area contributed by atoms with Gasteiger partial charge in [-0.15, -0.1) is 0 Å². The Bertz CT molecular complexity index is 1180. The minimum atomic E-state index is -0.528. The molecule has 8 nitrogen and oxygen atoms in total. The number of nitrogens with one attached hydrogen (secondary N) is 1. The number of hydrogen-bond donors (Lipinski definition) is 1. The first-order valence-corrected chi connectivity index (χ1v) is 11.8. The van der Waals surface area contributed by atoms with Gasteiger partial charge in [-0.05, 0) is 35.6 Å².